The molecule has 0 radical (unpaired) electrons. The Balaban J connectivity index is 2.16. The second kappa shape index (κ2) is 7.53. The molecule has 4 rings (SSSR count). The maximum absolute atomic E-state index is 13.1. The van der Waals surface area contributed by atoms with Gasteiger partial charge in [-0.3, -0.25) is 13.9 Å². The van der Waals surface area contributed by atoms with Gasteiger partial charge in [0.1, 0.15) is 0 Å². The van der Waals surface area contributed by atoms with Gasteiger partial charge in [0.2, 0.25) is 0 Å². The zero-order valence-electron chi connectivity index (χ0n) is 17.0. The van der Waals surface area contributed by atoms with Crippen molar-refractivity contribution in [2.24, 2.45) is 14.1 Å². The average molecular weight is 470 g/mol. The second-order valence-corrected chi connectivity index (χ2v) is 7.78. The first-order valence-electron chi connectivity index (χ1n) is 9.16. The molecule has 0 fully saturated rings. The molecule has 2 aromatic carbocycles. The highest BCUT2D eigenvalue weighted by Crippen LogP contribution is 2.35. The molecule has 0 atom stereocenters. The maximum atomic E-state index is 13.1. The van der Waals surface area contributed by atoms with Gasteiger partial charge in [-0.25, -0.2) is 4.79 Å². The van der Waals surface area contributed by atoms with Gasteiger partial charge in [0.25, 0.3) is 5.56 Å². The van der Waals surface area contributed by atoms with Crippen LogP contribution in [0.2, 0.25) is 0 Å². The number of benzene rings is 2. The number of ether oxygens (including phenoxy) is 2. The quantitative estimate of drug-likeness (QED) is 0.458. The van der Waals surface area contributed by atoms with Gasteiger partial charge in [-0.1, -0.05) is 28.1 Å². The molecule has 154 valence electrons. The molecule has 4 aromatic rings. The van der Waals surface area contributed by atoms with Crippen molar-refractivity contribution >= 4 is 26.8 Å². The van der Waals surface area contributed by atoms with Crippen molar-refractivity contribution < 1.29 is 9.47 Å². The largest absolute Gasteiger partial charge is 0.493 e. The van der Waals surface area contributed by atoms with Crippen LogP contribution in [0.4, 0.5) is 0 Å². The molecule has 0 saturated carbocycles. The van der Waals surface area contributed by atoms with Gasteiger partial charge in [-0.05, 0) is 24.3 Å². The van der Waals surface area contributed by atoms with E-state index in [0.717, 1.165) is 20.3 Å². The molecule has 0 bridgehead atoms. The van der Waals surface area contributed by atoms with E-state index >= 15 is 0 Å². The topological polar surface area (TPSA) is 67.4 Å². The molecular weight excluding hydrogens is 450 g/mol. The normalized spacial score (nSPS) is 11.1. The van der Waals surface area contributed by atoms with E-state index in [1.807, 2.05) is 41.0 Å². The van der Waals surface area contributed by atoms with Gasteiger partial charge in [-0.15, -0.1) is 0 Å². The number of methoxy groups -OCH3 is 2. The number of aryl methyl sites for hydroxylation is 1. The summed E-state index contributed by atoms with van der Waals surface area (Å²) in [6, 6.07) is 13.2. The van der Waals surface area contributed by atoms with E-state index in [-0.39, 0.29) is 11.2 Å². The van der Waals surface area contributed by atoms with Gasteiger partial charge in [-0.2, -0.15) is 0 Å². The van der Waals surface area contributed by atoms with E-state index in [4.69, 9.17) is 9.47 Å². The lowest BCUT2D eigenvalue weighted by atomic mass is 10.1. The fourth-order valence-electron chi connectivity index (χ4n) is 3.64. The molecule has 0 saturated heterocycles. The molecule has 8 heteroatoms. The van der Waals surface area contributed by atoms with Crippen molar-refractivity contribution in [1.29, 1.82) is 0 Å². The van der Waals surface area contributed by atoms with Crippen LogP contribution in [0.15, 0.2) is 62.7 Å². The Bertz CT molecular complexity index is 1400. The molecule has 0 aliphatic rings. The Morgan fingerprint density at radius 1 is 0.900 bits per heavy atom. The molecule has 0 N–H and O–H groups in total. The van der Waals surface area contributed by atoms with Crippen molar-refractivity contribution in [3.05, 3.63) is 74.0 Å². The smallest absolute Gasteiger partial charge is 0.330 e. The lowest BCUT2D eigenvalue weighted by Gasteiger charge is -2.13. The van der Waals surface area contributed by atoms with Gasteiger partial charge in [0.15, 0.2) is 11.5 Å². The first-order valence-corrected chi connectivity index (χ1v) is 9.96. The SMILES string of the molecule is COc1ccc(-n2cc3c(c2-c2cccc(Br)c2)c(=O)n(C)c(=O)n3C)cc1OC. The van der Waals surface area contributed by atoms with Crippen LogP contribution in [-0.2, 0) is 14.1 Å². The second-order valence-electron chi connectivity index (χ2n) is 6.86. The van der Waals surface area contributed by atoms with Crippen molar-refractivity contribution in [3.63, 3.8) is 0 Å². The summed E-state index contributed by atoms with van der Waals surface area (Å²) >= 11 is 3.51. The molecule has 0 aliphatic heterocycles. The highest BCUT2D eigenvalue weighted by molar-refractivity contribution is 9.10. The maximum Gasteiger partial charge on any atom is 0.330 e. The summed E-state index contributed by atoms with van der Waals surface area (Å²) in [6.45, 7) is 0. The van der Waals surface area contributed by atoms with Crippen molar-refractivity contribution in [2.75, 3.05) is 14.2 Å². The van der Waals surface area contributed by atoms with Gasteiger partial charge < -0.3 is 14.0 Å². The first-order chi connectivity index (χ1) is 14.4. The summed E-state index contributed by atoms with van der Waals surface area (Å²) in [5.74, 6) is 1.17. The van der Waals surface area contributed by atoms with Crippen molar-refractivity contribution in [1.82, 2.24) is 13.7 Å². The van der Waals surface area contributed by atoms with Crippen molar-refractivity contribution in [2.45, 2.75) is 0 Å². The molecule has 0 unspecified atom stereocenters. The number of hydrogen-bond acceptors (Lipinski definition) is 4. The molecule has 2 heterocycles. The molecule has 0 aliphatic carbocycles. The average Bonchev–Trinajstić information content (AvgIpc) is 3.16. The van der Waals surface area contributed by atoms with E-state index in [9.17, 15) is 9.59 Å². The number of rotatable bonds is 4. The Kier molecular flexibility index (Phi) is 5.03. The van der Waals surface area contributed by atoms with E-state index in [1.54, 1.807) is 33.5 Å². The van der Waals surface area contributed by atoms with E-state index in [0.29, 0.717) is 28.1 Å². The summed E-state index contributed by atoms with van der Waals surface area (Å²) in [5.41, 5.74) is 2.13. The summed E-state index contributed by atoms with van der Waals surface area (Å²) < 4.78 is 16.2. The fourth-order valence-corrected chi connectivity index (χ4v) is 4.04. The van der Waals surface area contributed by atoms with E-state index in [1.165, 1.54) is 11.6 Å². The van der Waals surface area contributed by atoms with Crippen LogP contribution in [0.25, 0.3) is 27.8 Å². The Morgan fingerprint density at radius 2 is 1.63 bits per heavy atom. The highest BCUT2D eigenvalue weighted by atomic mass is 79.9. The number of fused-ring (bicyclic) bond motifs is 1. The standard InChI is InChI=1S/C22H20BrN3O4/c1-24-16-12-26(15-8-9-17(29-3)18(11-15)30-4)20(13-6-5-7-14(23)10-13)19(16)21(27)25(2)22(24)28/h5-12H,1-4H3. The first kappa shape index (κ1) is 20.0. The van der Waals surface area contributed by atoms with Crippen LogP contribution in [0.1, 0.15) is 0 Å². The number of nitrogens with zero attached hydrogens (tertiary/aromatic N) is 3. The van der Waals surface area contributed by atoms with E-state index in [2.05, 4.69) is 15.9 Å². The summed E-state index contributed by atoms with van der Waals surface area (Å²) in [4.78, 5) is 25.6. The van der Waals surface area contributed by atoms with Gasteiger partial charge in [0, 0.05) is 42.1 Å². The van der Waals surface area contributed by atoms with Crippen LogP contribution in [0, 0.1) is 0 Å². The molecule has 2 aromatic heterocycles. The Labute approximate surface area is 180 Å². The minimum Gasteiger partial charge on any atom is -0.493 e. The van der Waals surface area contributed by atoms with Crippen LogP contribution in [0.5, 0.6) is 11.5 Å². The predicted molar refractivity (Wildman–Crippen MR) is 120 cm³/mol. The zero-order chi connectivity index (χ0) is 21.6. The number of halogens is 1. The molecular formula is C22H20BrN3O4. The third-order valence-corrected chi connectivity index (χ3v) is 5.68. The third kappa shape index (κ3) is 3.04. The van der Waals surface area contributed by atoms with Crippen molar-refractivity contribution in [3.8, 4) is 28.4 Å². The summed E-state index contributed by atoms with van der Waals surface area (Å²) in [5, 5.41) is 0.465. The summed E-state index contributed by atoms with van der Waals surface area (Å²) in [6.07, 6.45) is 1.80. The number of aromatic nitrogens is 3. The fraction of sp³-hybridized carbons (Fsp3) is 0.182. The predicted octanol–water partition coefficient (Wildman–Crippen LogP) is 3.47. The third-order valence-electron chi connectivity index (χ3n) is 5.18. The van der Waals surface area contributed by atoms with Gasteiger partial charge in [0.05, 0.1) is 30.8 Å². The van der Waals surface area contributed by atoms with Crippen LogP contribution in [0.3, 0.4) is 0 Å². The van der Waals surface area contributed by atoms with Gasteiger partial charge >= 0.3 is 5.69 Å². The Morgan fingerprint density at radius 3 is 2.30 bits per heavy atom. The minimum absolute atomic E-state index is 0.345. The van der Waals surface area contributed by atoms with Crippen LogP contribution >= 0.6 is 15.9 Å². The van der Waals surface area contributed by atoms with Crippen LogP contribution in [-0.4, -0.2) is 27.9 Å². The Hall–Kier alpha value is -3.26. The van der Waals surface area contributed by atoms with E-state index < -0.39 is 0 Å². The lowest BCUT2D eigenvalue weighted by Crippen LogP contribution is -2.36. The molecule has 7 nitrogen and oxygen atoms in total. The monoisotopic (exact) mass is 469 g/mol. The minimum atomic E-state index is -0.377. The van der Waals surface area contributed by atoms with Crippen LogP contribution < -0.4 is 20.7 Å². The summed E-state index contributed by atoms with van der Waals surface area (Å²) in [7, 11) is 6.30. The number of hydrogen-bond donors (Lipinski definition) is 0. The molecule has 30 heavy (non-hydrogen) atoms. The molecule has 0 spiro atoms. The highest BCUT2D eigenvalue weighted by Gasteiger charge is 2.21. The zero-order valence-corrected chi connectivity index (χ0v) is 18.6. The molecule has 0 amide bonds. The lowest BCUT2D eigenvalue weighted by molar-refractivity contribution is 0.355.